The zero-order chi connectivity index (χ0) is 13.1. The summed E-state index contributed by atoms with van der Waals surface area (Å²) in [6.07, 6.45) is 1.51. The quantitative estimate of drug-likeness (QED) is 0.692. The third-order valence-corrected chi connectivity index (χ3v) is 2.87. The van der Waals surface area contributed by atoms with E-state index in [9.17, 15) is 4.79 Å². The van der Waals surface area contributed by atoms with Gasteiger partial charge in [0, 0.05) is 22.3 Å². The number of aromatic nitrogens is 1. The van der Waals surface area contributed by atoms with E-state index in [0.29, 0.717) is 21.8 Å². The molecule has 0 aliphatic heterocycles. The van der Waals surface area contributed by atoms with Crippen molar-refractivity contribution in [2.45, 2.75) is 0 Å². The normalized spacial score (nSPS) is 10.1. The summed E-state index contributed by atoms with van der Waals surface area (Å²) in [6.45, 7) is 0. The smallest absolute Gasteiger partial charge is 0.211 e. The van der Waals surface area contributed by atoms with Gasteiger partial charge in [-0.15, -0.1) is 0 Å². The molecule has 0 radical (unpaired) electrons. The molecule has 0 aliphatic carbocycles. The van der Waals surface area contributed by atoms with Gasteiger partial charge >= 0.3 is 0 Å². The van der Waals surface area contributed by atoms with Gasteiger partial charge in [-0.25, -0.2) is 0 Å². The summed E-state index contributed by atoms with van der Waals surface area (Å²) in [7, 11) is 0. The molecule has 0 aliphatic rings. The monoisotopic (exact) mass is 276 g/mol. The van der Waals surface area contributed by atoms with Gasteiger partial charge < -0.3 is 5.73 Å². The van der Waals surface area contributed by atoms with E-state index in [1.807, 2.05) is 0 Å². The lowest BCUT2D eigenvalue weighted by atomic mass is 10.1. The molecule has 0 fully saturated rings. The van der Waals surface area contributed by atoms with Crippen LogP contribution >= 0.6 is 23.8 Å². The topological polar surface area (TPSA) is 56.0 Å². The van der Waals surface area contributed by atoms with E-state index in [1.165, 1.54) is 6.20 Å². The summed E-state index contributed by atoms with van der Waals surface area (Å²) < 4.78 is 0. The number of halogens is 1. The number of pyridine rings is 1. The van der Waals surface area contributed by atoms with Gasteiger partial charge in [0.2, 0.25) is 5.78 Å². The molecule has 2 rings (SSSR count). The van der Waals surface area contributed by atoms with E-state index >= 15 is 0 Å². The van der Waals surface area contributed by atoms with Crippen LogP contribution in [0.5, 0.6) is 0 Å². The third-order valence-electron chi connectivity index (χ3n) is 2.38. The van der Waals surface area contributed by atoms with Crippen LogP contribution in [0.1, 0.15) is 21.6 Å². The van der Waals surface area contributed by atoms with E-state index < -0.39 is 0 Å². The number of ketones is 1. The zero-order valence-corrected chi connectivity index (χ0v) is 10.8. The number of carbonyl (C=O) groups is 1. The fraction of sp³-hybridized carbons (Fsp3) is 0. The highest BCUT2D eigenvalue weighted by atomic mass is 35.5. The number of nitrogens with zero attached hydrogens (tertiary/aromatic N) is 1. The molecule has 0 atom stereocenters. The molecule has 3 nitrogen and oxygen atoms in total. The molecule has 0 saturated carbocycles. The molecule has 0 saturated heterocycles. The third kappa shape index (κ3) is 2.72. The molecule has 0 unspecified atom stereocenters. The van der Waals surface area contributed by atoms with Gasteiger partial charge in [-0.3, -0.25) is 9.78 Å². The molecule has 1 heterocycles. The van der Waals surface area contributed by atoms with Gasteiger partial charge in [0.15, 0.2) is 0 Å². The first kappa shape index (κ1) is 12.7. The minimum atomic E-state index is -0.190. The van der Waals surface area contributed by atoms with Crippen LogP contribution in [0.4, 0.5) is 0 Å². The van der Waals surface area contributed by atoms with Crippen LogP contribution in [0.2, 0.25) is 5.02 Å². The fourth-order valence-corrected chi connectivity index (χ4v) is 1.71. The molecule has 0 bridgehead atoms. The number of hydrogen-bond acceptors (Lipinski definition) is 3. The predicted molar refractivity (Wildman–Crippen MR) is 75.0 cm³/mol. The molecule has 2 aromatic rings. The Labute approximate surface area is 115 Å². The van der Waals surface area contributed by atoms with Crippen LogP contribution in [-0.4, -0.2) is 15.8 Å². The Hall–Kier alpha value is -1.78. The molecule has 1 aromatic heterocycles. The van der Waals surface area contributed by atoms with Crippen LogP contribution in [0.15, 0.2) is 42.6 Å². The van der Waals surface area contributed by atoms with Crippen molar-refractivity contribution in [3.63, 3.8) is 0 Å². The Kier molecular flexibility index (Phi) is 3.69. The Morgan fingerprint density at radius 3 is 2.44 bits per heavy atom. The van der Waals surface area contributed by atoms with E-state index in [-0.39, 0.29) is 10.8 Å². The maximum absolute atomic E-state index is 12.1. The number of hydrogen-bond donors (Lipinski definition) is 1. The van der Waals surface area contributed by atoms with Gasteiger partial charge in [0.05, 0.1) is 0 Å². The van der Waals surface area contributed by atoms with Crippen molar-refractivity contribution in [1.82, 2.24) is 4.98 Å². The van der Waals surface area contributed by atoms with E-state index in [0.717, 1.165) is 0 Å². The highest BCUT2D eigenvalue weighted by Gasteiger charge is 2.11. The Bertz CT molecular complexity index is 611. The summed E-state index contributed by atoms with van der Waals surface area (Å²) in [5, 5.41) is 0.580. The van der Waals surface area contributed by atoms with Gasteiger partial charge in [-0.05, 0) is 36.4 Å². The number of carbonyl (C=O) groups excluding carboxylic acids is 1. The van der Waals surface area contributed by atoms with Crippen LogP contribution in [0.25, 0.3) is 0 Å². The Balaban J connectivity index is 2.37. The van der Waals surface area contributed by atoms with Crippen molar-refractivity contribution in [2.24, 2.45) is 5.73 Å². The molecule has 1 aromatic carbocycles. The SMILES string of the molecule is NC(=S)c1ccnc(C(=O)c2ccc(Cl)cc2)c1. The highest BCUT2D eigenvalue weighted by Crippen LogP contribution is 2.13. The molecule has 2 N–H and O–H groups in total. The molecule has 0 spiro atoms. The van der Waals surface area contributed by atoms with Crippen molar-refractivity contribution >= 4 is 34.6 Å². The summed E-state index contributed by atoms with van der Waals surface area (Å²) in [4.78, 5) is 16.4. The van der Waals surface area contributed by atoms with Gasteiger partial charge in [0.25, 0.3) is 0 Å². The minimum absolute atomic E-state index is 0.190. The first-order valence-electron chi connectivity index (χ1n) is 5.14. The predicted octanol–water partition coefficient (Wildman–Crippen LogP) is 2.60. The summed E-state index contributed by atoms with van der Waals surface area (Å²) in [6, 6.07) is 9.87. The van der Waals surface area contributed by atoms with Crippen molar-refractivity contribution in [2.75, 3.05) is 0 Å². The number of nitrogens with two attached hydrogens (primary N) is 1. The van der Waals surface area contributed by atoms with E-state index in [4.69, 9.17) is 29.6 Å². The molecular weight excluding hydrogens is 268 g/mol. The molecule has 90 valence electrons. The first-order chi connectivity index (χ1) is 8.58. The maximum atomic E-state index is 12.1. The lowest BCUT2D eigenvalue weighted by Gasteiger charge is -2.03. The van der Waals surface area contributed by atoms with Gasteiger partial charge in [-0.2, -0.15) is 0 Å². The second kappa shape index (κ2) is 5.25. The first-order valence-corrected chi connectivity index (χ1v) is 5.92. The van der Waals surface area contributed by atoms with Crippen molar-refractivity contribution in [3.8, 4) is 0 Å². The second-order valence-corrected chi connectivity index (χ2v) is 4.51. The lowest BCUT2D eigenvalue weighted by Crippen LogP contribution is -2.12. The fourth-order valence-electron chi connectivity index (χ4n) is 1.46. The van der Waals surface area contributed by atoms with Crippen LogP contribution in [-0.2, 0) is 0 Å². The Morgan fingerprint density at radius 1 is 1.17 bits per heavy atom. The molecule has 5 heteroatoms. The highest BCUT2D eigenvalue weighted by molar-refractivity contribution is 7.80. The lowest BCUT2D eigenvalue weighted by molar-refractivity contribution is 0.103. The van der Waals surface area contributed by atoms with Gasteiger partial charge in [-0.1, -0.05) is 23.8 Å². The van der Waals surface area contributed by atoms with Crippen molar-refractivity contribution in [3.05, 3.63) is 64.4 Å². The average molecular weight is 277 g/mol. The standard InChI is InChI=1S/C13H9ClN2OS/c14-10-3-1-8(2-4-10)12(17)11-7-9(13(15)18)5-6-16-11/h1-7H,(H2,15,18). The van der Waals surface area contributed by atoms with E-state index in [2.05, 4.69) is 4.98 Å². The molecule has 18 heavy (non-hydrogen) atoms. The van der Waals surface area contributed by atoms with Crippen LogP contribution in [0.3, 0.4) is 0 Å². The summed E-state index contributed by atoms with van der Waals surface area (Å²) in [5.41, 5.74) is 6.97. The number of benzene rings is 1. The number of thiocarbonyl (C=S) groups is 1. The van der Waals surface area contributed by atoms with Crippen LogP contribution in [0, 0.1) is 0 Å². The van der Waals surface area contributed by atoms with Crippen molar-refractivity contribution in [1.29, 1.82) is 0 Å². The largest absolute Gasteiger partial charge is 0.389 e. The summed E-state index contributed by atoms with van der Waals surface area (Å²) in [5.74, 6) is -0.190. The van der Waals surface area contributed by atoms with E-state index in [1.54, 1.807) is 36.4 Å². The van der Waals surface area contributed by atoms with Gasteiger partial charge in [0.1, 0.15) is 10.7 Å². The van der Waals surface area contributed by atoms with Crippen LogP contribution < -0.4 is 5.73 Å². The second-order valence-electron chi connectivity index (χ2n) is 3.63. The zero-order valence-electron chi connectivity index (χ0n) is 9.26. The Morgan fingerprint density at radius 2 is 1.83 bits per heavy atom. The number of rotatable bonds is 3. The average Bonchev–Trinajstić information content (AvgIpc) is 2.39. The molecular formula is C13H9ClN2OS. The summed E-state index contributed by atoms with van der Waals surface area (Å²) >= 11 is 10.6. The minimum Gasteiger partial charge on any atom is -0.389 e. The van der Waals surface area contributed by atoms with Crippen molar-refractivity contribution < 1.29 is 4.79 Å². The molecule has 0 amide bonds. The maximum Gasteiger partial charge on any atom is 0.211 e.